The largest absolute Gasteiger partial charge is 0.485 e. The molecule has 0 saturated carbocycles. The van der Waals surface area contributed by atoms with Crippen molar-refractivity contribution >= 4 is 0 Å². The lowest BCUT2D eigenvalue weighted by molar-refractivity contribution is 0.281. The van der Waals surface area contributed by atoms with Crippen LogP contribution in [0.4, 0.5) is 8.78 Å². The van der Waals surface area contributed by atoms with Crippen LogP contribution in [-0.2, 0) is 13.2 Å². The van der Waals surface area contributed by atoms with Crippen molar-refractivity contribution in [1.82, 2.24) is 5.32 Å². The SMILES string of the molecule is CNCc1cccc(F)c1OCc1ccccc1F. The fourth-order valence-corrected chi connectivity index (χ4v) is 1.81. The fourth-order valence-electron chi connectivity index (χ4n) is 1.81. The molecule has 0 saturated heterocycles. The molecule has 0 radical (unpaired) electrons. The Bertz CT molecular complexity index is 558. The lowest BCUT2D eigenvalue weighted by Crippen LogP contribution is -2.09. The van der Waals surface area contributed by atoms with Crippen LogP contribution in [0.5, 0.6) is 5.75 Å². The van der Waals surface area contributed by atoms with Gasteiger partial charge in [-0.15, -0.1) is 0 Å². The maximum atomic E-state index is 13.7. The van der Waals surface area contributed by atoms with Gasteiger partial charge in [-0.25, -0.2) is 8.78 Å². The predicted octanol–water partition coefficient (Wildman–Crippen LogP) is 3.26. The molecule has 0 fully saturated rings. The van der Waals surface area contributed by atoms with E-state index < -0.39 is 5.82 Å². The van der Waals surface area contributed by atoms with E-state index in [2.05, 4.69) is 5.32 Å². The Morgan fingerprint density at radius 1 is 0.947 bits per heavy atom. The van der Waals surface area contributed by atoms with Crippen LogP contribution in [-0.4, -0.2) is 7.05 Å². The molecular weight excluding hydrogens is 248 g/mol. The second-order valence-electron chi connectivity index (χ2n) is 4.14. The molecule has 0 spiro atoms. The van der Waals surface area contributed by atoms with Crippen LogP contribution < -0.4 is 10.1 Å². The molecule has 0 unspecified atom stereocenters. The molecule has 19 heavy (non-hydrogen) atoms. The second-order valence-corrected chi connectivity index (χ2v) is 4.14. The van der Waals surface area contributed by atoms with Gasteiger partial charge in [0, 0.05) is 17.7 Å². The molecule has 0 bridgehead atoms. The molecular formula is C15H15F2NO. The van der Waals surface area contributed by atoms with E-state index in [1.54, 1.807) is 37.4 Å². The first kappa shape index (κ1) is 13.5. The van der Waals surface area contributed by atoms with Gasteiger partial charge in [0.2, 0.25) is 0 Å². The topological polar surface area (TPSA) is 21.3 Å². The number of benzene rings is 2. The van der Waals surface area contributed by atoms with Gasteiger partial charge in [-0.1, -0.05) is 30.3 Å². The molecule has 0 aliphatic heterocycles. The van der Waals surface area contributed by atoms with Crippen LogP contribution in [0, 0.1) is 11.6 Å². The van der Waals surface area contributed by atoms with E-state index in [0.717, 1.165) is 0 Å². The molecule has 2 rings (SSSR count). The van der Waals surface area contributed by atoms with Crippen LogP contribution in [0.25, 0.3) is 0 Å². The third-order valence-electron chi connectivity index (χ3n) is 2.75. The summed E-state index contributed by atoms with van der Waals surface area (Å²) >= 11 is 0. The first-order valence-electron chi connectivity index (χ1n) is 6.00. The van der Waals surface area contributed by atoms with Crippen LogP contribution in [0.3, 0.4) is 0 Å². The van der Waals surface area contributed by atoms with Gasteiger partial charge in [0.05, 0.1) is 0 Å². The predicted molar refractivity (Wildman–Crippen MR) is 69.9 cm³/mol. The Hall–Kier alpha value is -1.94. The standard InChI is InChI=1S/C15H15F2NO/c1-18-9-11-6-4-8-14(17)15(11)19-10-12-5-2-3-7-13(12)16/h2-8,18H,9-10H2,1H3. The van der Waals surface area contributed by atoms with Crippen molar-refractivity contribution in [2.24, 2.45) is 0 Å². The molecule has 0 heterocycles. The summed E-state index contributed by atoms with van der Waals surface area (Å²) in [6.45, 7) is 0.495. The minimum absolute atomic E-state index is 0.00429. The summed E-state index contributed by atoms with van der Waals surface area (Å²) < 4.78 is 32.6. The highest BCUT2D eigenvalue weighted by Gasteiger charge is 2.10. The van der Waals surface area contributed by atoms with Crippen LogP contribution >= 0.6 is 0 Å². The molecule has 0 aliphatic carbocycles. The summed E-state index contributed by atoms with van der Waals surface area (Å²) in [7, 11) is 1.77. The molecule has 1 N–H and O–H groups in total. The highest BCUT2D eigenvalue weighted by atomic mass is 19.1. The molecule has 100 valence electrons. The van der Waals surface area contributed by atoms with E-state index in [0.29, 0.717) is 17.7 Å². The highest BCUT2D eigenvalue weighted by Crippen LogP contribution is 2.24. The number of hydrogen-bond acceptors (Lipinski definition) is 2. The van der Waals surface area contributed by atoms with E-state index in [-0.39, 0.29) is 18.2 Å². The summed E-state index contributed by atoms with van der Waals surface area (Å²) in [5, 5.41) is 2.94. The van der Waals surface area contributed by atoms with Gasteiger partial charge in [-0.2, -0.15) is 0 Å². The molecule has 0 aliphatic rings. The third kappa shape index (κ3) is 3.29. The van der Waals surface area contributed by atoms with Gasteiger partial charge < -0.3 is 10.1 Å². The Labute approximate surface area is 111 Å². The summed E-state index contributed by atoms with van der Waals surface area (Å²) in [5.41, 5.74) is 1.11. The minimum atomic E-state index is -0.441. The first-order valence-corrected chi connectivity index (χ1v) is 6.00. The minimum Gasteiger partial charge on any atom is -0.485 e. The number of rotatable bonds is 5. The van der Waals surface area contributed by atoms with E-state index in [4.69, 9.17) is 4.74 Å². The van der Waals surface area contributed by atoms with Gasteiger partial charge in [-0.05, 0) is 19.2 Å². The Balaban J connectivity index is 2.17. The lowest BCUT2D eigenvalue weighted by Gasteiger charge is -2.12. The van der Waals surface area contributed by atoms with Gasteiger partial charge in [0.1, 0.15) is 12.4 Å². The van der Waals surface area contributed by atoms with Gasteiger partial charge in [0.15, 0.2) is 11.6 Å². The Morgan fingerprint density at radius 3 is 2.37 bits per heavy atom. The van der Waals surface area contributed by atoms with Crippen molar-refractivity contribution < 1.29 is 13.5 Å². The van der Waals surface area contributed by atoms with Crippen LogP contribution in [0.1, 0.15) is 11.1 Å². The van der Waals surface area contributed by atoms with E-state index in [1.165, 1.54) is 12.1 Å². The summed E-state index contributed by atoms with van der Waals surface area (Å²) in [5.74, 6) is -0.627. The van der Waals surface area contributed by atoms with Crippen molar-refractivity contribution in [2.75, 3.05) is 7.05 Å². The van der Waals surface area contributed by atoms with Gasteiger partial charge in [0.25, 0.3) is 0 Å². The van der Waals surface area contributed by atoms with E-state index in [1.807, 2.05) is 0 Å². The van der Waals surface area contributed by atoms with Crippen molar-refractivity contribution in [1.29, 1.82) is 0 Å². The quantitative estimate of drug-likeness (QED) is 0.894. The number of hydrogen-bond donors (Lipinski definition) is 1. The fraction of sp³-hybridized carbons (Fsp3) is 0.200. The molecule has 4 heteroatoms. The average molecular weight is 263 g/mol. The summed E-state index contributed by atoms with van der Waals surface area (Å²) in [6, 6.07) is 11.0. The zero-order valence-electron chi connectivity index (χ0n) is 10.6. The Kier molecular flexibility index (Phi) is 4.47. The molecule has 0 aromatic heterocycles. The zero-order valence-corrected chi connectivity index (χ0v) is 10.6. The molecule has 2 nitrogen and oxygen atoms in total. The number of ether oxygens (including phenoxy) is 1. The maximum absolute atomic E-state index is 13.7. The maximum Gasteiger partial charge on any atom is 0.165 e. The molecule has 0 atom stereocenters. The number of nitrogens with one attached hydrogen (secondary N) is 1. The van der Waals surface area contributed by atoms with Crippen LogP contribution in [0.2, 0.25) is 0 Å². The zero-order chi connectivity index (χ0) is 13.7. The van der Waals surface area contributed by atoms with Crippen molar-refractivity contribution in [3.63, 3.8) is 0 Å². The molecule has 2 aromatic rings. The van der Waals surface area contributed by atoms with Gasteiger partial charge in [-0.3, -0.25) is 0 Å². The Morgan fingerprint density at radius 2 is 1.63 bits per heavy atom. The van der Waals surface area contributed by atoms with E-state index >= 15 is 0 Å². The number of halogens is 2. The lowest BCUT2D eigenvalue weighted by atomic mass is 10.2. The third-order valence-corrected chi connectivity index (χ3v) is 2.75. The van der Waals surface area contributed by atoms with Gasteiger partial charge >= 0.3 is 0 Å². The summed E-state index contributed by atoms with van der Waals surface area (Å²) in [4.78, 5) is 0. The average Bonchev–Trinajstić information content (AvgIpc) is 2.40. The normalized spacial score (nSPS) is 10.5. The molecule has 2 aromatic carbocycles. The first-order chi connectivity index (χ1) is 9.22. The second kappa shape index (κ2) is 6.29. The summed E-state index contributed by atoms with van der Waals surface area (Å²) in [6.07, 6.45) is 0. The van der Waals surface area contributed by atoms with Crippen molar-refractivity contribution in [3.05, 3.63) is 65.2 Å². The molecule has 0 amide bonds. The van der Waals surface area contributed by atoms with Crippen LogP contribution in [0.15, 0.2) is 42.5 Å². The van der Waals surface area contributed by atoms with E-state index in [9.17, 15) is 8.78 Å². The van der Waals surface area contributed by atoms with Crippen molar-refractivity contribution in [2.45, 2.75) is 13.2 Å². The van der Waals surface area contributed by atoms with Crippen molar-refractivity contribution in [3.8, 4) is 5.75 Å². The highest BCUT2D eigenvalue weighted by molar-refractivity contribution is 5.35. The monoisotopic (exact) mass is 263 g/mol. The smallest absolute Gasteiger partial charge is 0.165 e. The number of para-hydroxylation sites is 1.